The van der Waals surface area contributed by atoms with Crippen molar-refractivity contribution in [2.24, 2.45) is 5.92 Å². The Labute approximate surface area is 162 Å². The van der Waals surface area contributed by atoms with Gasteiger partial charge in [-0.25, -0.2) is 4.79 Å². The fourth-order valence-corrected chi connectivity index (χ4v) is 3.74. The smallest absolute Gasteiger partial charge is 0.326 e. The summed E-state index contributed by atoms with van der Waals surface area (Å²) in [7, 11) is 0. The van der Waals surface area contributed by atoms with E-state index in [2.05, 4.69) is 10.6 Å². The number of carbonyl (C=O) groups excluding carboxylic acids is 2. The van der Waals surface area contributed by atoms with Gasteiger partial charge in [0.1, 0.15) is 0 Å². The lowest BCUT2D eigenvalue weighted by Crippen LogP contribution is -2.39. The van der Waals surface area contributed by atoms with Gasteiger partial charge in [-0.2, -0.15) is 13.2 Å². The van der Waals surface area contributed by atoms with Crippen LogP contribution >= 0.6 is 0 Å². The number of anilines is 2. The molecule has 2 aliphatic heterocycles. The summed E-state index contributed by atoms with van der Waals surface area (Å²) in [5.41, 5.74) is 2.32. The van der Waals surface area contributed by atoms with E-state index in [1.54, 1.807) is 24.0 Å². The number of alkyl halides is 3. The fraction of sp³-hybridized carbons (Fsp3) is 0.579. The number of halogens is 3. The van der Waals surface area contributed by atoms with Gasteiger partial charge in [0, 0.05) is 37.4 Å². The minimum absolute atomic E-state index is 0.0240. The highest BCUT2D eigenvalue weighted by molar-refractivity contribution is 5.96. The minimum atomic E-state index is -4.21. The minimum Gasteiger partial charge on any atom is -0.326 e. The molecule has 1 saturated heterocycles. The Morgan fingerprint density at radius 1 is 1.36 bits per heavy atom. The highest BCUT2D eigenvalue weighted by atomic mass is 19.4. The normalized spacial score (nSPS) is 19.5. The standard InChI is InChI=1S/C19H25F3N4O2/c1-2-25(12-19(20,21)22)10-13-7-8-26(11-13)18(28)23-15-5-3-14-4-6-17(27)24-16(14)9-15/h3,5,9,13H,2,4,6-8,10-12H2,1H3,(H,23,28)(H,24,27). The van der Waals surface area contributed by atoms with Gasteiger partial charge in [0.2, 0.25) is 5.91 Å². The van der Waals surface area contributed by atoms with Gasteiger partial charge in [0.05, 0.1) is 6.54 Å². The van der Waals surface area contributed by atoms with E-state index in [1.165, 1.54) is 4.90 Å². The van der Waals surface area contributed by atoms with Crippen LogP contribution in [0.4, 0.5) is 29.3 Å². The van der Waals surface area contributed by atoms with Crippen LogP contribution in [-0.2, 0) is 11.2 Å². The molecule has 1 aromatic carbocycles. The summed E-state index contributed by atoms with van der Waals surface area (Å²) < 4.78 is 37.8. The van der Waals surface area contributed by atoms with E-state index < -0.39 is 12.7 Å². The summed E-state index contributed by atoms with van der Waals surface area (Å²) in [6.07, 6.45) is -2.40. The second kappa shape index (κ2) is 8.38. The predicted octanol–water partition coefficient (Wildman–Crippen LogP) is 3.31. The average Bonchev–Trinajstić information content (AvgIpc) is 3.08. The van der Waals surface area contributed by atoms with Crippen LogP contribution in [-0.4, -0.2) is 60.6 Å². The highest BCUT2D eigenvalue weighted by Gasteiger charge is 2.33. The Bertz CT molecular complexity index is 738. The first-order chi connectivity index (χ1) is 13.2. The number of benzene rings is 1. The van der Waals surface area contributed by atoms with E-state index in [1.807, 2.05) is 6.07 Å². The Morgan fingerprint density at radius 3 is 2.86 bits per heavy atom. The number of nitrogens with one attached hydrogen (secondary N) is 2. The molecule has 3 amide bonds. The average molecular weight is 398 g/mol. The summed E-state index contributed by atoms with van der Waals surface area (Å²) in [6, 6.07) is 5.14. The van der Waals surface area contributed by atoms with Gasteiger partial charge in [-0.3, -0.25) is 9.69 Å². The summed E-state index contributed by atoms with van der Waals surface area (Å²) in [5.74, 6) is -0.0198. The number of urea groups is 1. The van der Waals surface area contributed by atoms with Crippen LogP contribution in [0.3, 0.4) is 0 Å². The summed E-state index contributed by atoms with van der Waals surface area (Å²) >= 11 is 0. The molecule has 3 rings (SSSR count). The SMILES string of the molecule is CCN(CC1CCN(C(=O)Nc2ccc3c(c2)NC(=O)CC3)C1)CC(F)(F)F. The van der Waals surface area contributed by atoms with Crippen molar-refractivity contribution < 1.29 is 22.8 Å². The van der Waals surface area contributed by atoms with Crippen molar-refractivity contribution in [1.82, 2.24) is 9.80 Å². The molecular weight excluding hydrogens is 373 g/mol. The number of amides is 3. The van der Waals surface area contributed by atoms with E-state index in [0.29, 0.717) is 56.8 Å². The van der Waals surface area contributed by atoms with E-state index in [0.717, 1.165) is 5.56 Å². The third kappa shape index (κ3) is 5.37. The van der Waals surface area contributed by atoms with Crippen LogP contribution < -0.4 is 10.6 Å². The van der Waals surface area contributed by atoms with Crippen LogP contribution in [0.5, 0.6) is 0 Å². The van der Waals surface area contributed by atoms with Crippen molar-refractivity contribution in [3.05, 3.63) is 23.8 Å². The van der Waals surface area contributed by atoms with Crippen LogP contribution in [0, 0.1) is 5.92 Å². The third-order valence-corrected chi connectivity index (χ3v) is 5.20. The molecular formula is C19H25F3N4O2. The van der Waals surface area contributed by atoms with Gasteiger partial charge in [-0.1, -0.05) is 13.0 Å². The topological polar surface area (TPSA) is 64.7 Å². The number of aryl methyl sites for hydroxylation is 1. The van der Waals surface area contributed by atoms with E-state index >= 15 is 0 Å². The second-order valence-electron chi connectivity index (χ2n) is 7.39. The Balaban J connectivity index is 1.53. The van der Waals surface area contributed by atoms with Crippen molar-refractivity contribution >= 4 is 23.3 Å². The number of hydrogen-bond donors (Lipinski definition) is 2. The fourth-order valence-electron chi connectivity index (χ4n) is 3.74. The van der Waals surface area contributed by atoms with Gasteiger partial charge in [0.25, 0.3) is 0 Å². The van der Waals surface area contributed by atoms with Crippen molar-refractivity contribution in [1.29, 1.82) is 0 Å². The van der Waals surface area contributed by atoms with Gasteiger partial charge in [0.15, 0.2) is 0 Å². The first-order valence-corrected chi connectivity index (χ1v) is 9.51. The molecule has 1 fully saturated rings. The van der Waals surface area contributed by atoms with Gasteiger partial charge >= 0.3 is 12.2 Å². The lowest BCUT2D eigenvalue weighted by Gasteiger charge is -2.25. The number of hydrogen-bond acceptors (Lipinski definition) is 3. The molecule has 0 spiro atoms. The van der Waals surface area contributed by atoms with Gasteiger partial charge in [-0.15, -0.1) is 0 Å². The molecule has 0 aromatic heterocycles. The van der Waals surface area contributed by atoms with Gasteiger partial charge in [-0.05, 0) is 43.0 Å². The maximum absolute atomic E-state index is 12.6. The number of rotatable bonds is 5. The summed E-state index contributed by atoms with van der Waals surface area (Å²) in [5, 5.41) is 5.61. The zero-order valence-electron chi connectivity index (χ0n) is 15.8. The molecule has 1 aromatic rings. The first-order valence-electron chi connectivity index (χ1n) is 9.51. The number of fused-ring (bicyclic) bond motifs is 1. The quantitative estimate of drug-likeness (QED) is 0.800. The van der Waals surface area contributed by atoms with Crippen molar-refractivity contribution in [2.45, 2.75) is 32.4 Å². The number of nitrogens with zero attached hydrogens (tertiary/aromatic N) is 2. The zero-order chi connectivity index (χ0) is 20.3. The highest BCUT2D eigenvalue weighted by Crippen LogP contribution is 2.27. The molecule has 6 nitrogen and oxygen atoms in total. The number of carbonyl (C=O) groups is 2. The van der Waals surface area contributed by atoms with Gasteiger partial charge < -0.3 is 15.5 Å². The molecule has 154 valence electrons. The monoisotopic (exact) mass is 398 g/mol. The molecule has 2 N–H and O–H groups in total. The lowest BCUT2D eigenvalue weighted by molar-refractivity contribution is -0.146. The van der Waals surface area contributed by atoms with Crippen molar-refractivity contribution in [2.75, 3.05) is 43.4 Å². The Hall–Kier alpha value is -2.29. The van der Waals surface area contributed by atoms with E-state index in [9.17, 15) is 22.8 Å². The molecule has 0 aliphatic carbocycles. The molecule has 9 heteroatoms. The van der Waals surface area contributed by atoms with E-state index in [4.69, 9.17) is 0 Å². The maximum atomic E-state index is 12.6. The van der Waals surface area contributed by atoms with Crippen LogP contribution in [0.2, 0.25) is 0 Å². The van der Waals surface area contributed by atoms with Crippen LogP contribution in [0.15, 0.2) is 18.2 Å². The number of likely N-dealkylation sites (tertiary alicyclic amines) is 1. The molecule has 1 unspecified atom stereocenters. The molecule has 1 atom stereocenters. The van der Waals surface area contributed by atoms with E-state index in [-0.39, 0.29) is 17.9 Å². The maximum Gasteiger partial charge on any atom is 0.401 e. The third-order valence-electron chi connectivity index (χ3n) is 5.20. The molecule has 28 heavy (non-hydrogen) atoms. The second-order valence-corrected chi connectivity index (χ2v) is 7.39. The van der Waals surface area contributed by atoms with Crippen LogP contribution in [0.25, 0.3) is 0 Å². The zero-order valence-corrected chi connectivity index (χ0v) is 15.8. The molecule has 0 saturated carbocycles. The Morgan fingerprint density at radius 2 is 2.14 bits per heavy atom. The molecule has 2 aliphatic rings. The van der Waals surface area contributed by atoms with Crippen molar-refractivity contribution in [3.8, 4) is 0 Å². The Kier molecular flexibility index (Phi) is 6.12. The van der Waals surface area contributed by atoms with Crippen molar-refractivity contribution in [3.63, 3.8) is 0 Å². The summed E-state index contributed by atoms with van der Waals surface area (Å²) in [6.45, 7) is 2.38. The first kappa shape index (κ1) is 20.4. The summed E-state index contributed by atoms with van der Waals surface area (Å²) in [4.78, 5) is 27.0. The molecule has 2 heterocycles. The molecule has 0 bridgehead atoms. The molecule has 0 radical (unpaired) electrons. The van der Waals surface area contributed by atoms with Crippen LogP contribution in [0.1, 0.15) is 25.3 Å². The largest absolute Gasteiger partial charge is 0.401 e. The predicted molar refractivity (Wildman–Crippen MR) is 100 cm³/mol. The lowest BCUT2D eigenvalue weighted by atomic mass is 10.0.